The molecule has 2 aromatic rings. The second-order valence-corrected chi connectivity index (χ2v) is 4.92. The molecule has 10 N–H and O–H groups in total. The molecule has 0 unspecified atom stereocenters. The highest BCUT2D eigenvalue weighted by Crippen LogP contribution is 2.47. The lowest BCUT2D eigenvalue weighted by molar-refractivity contribution is 0.0977. The lowest BCUT2D eigenvalue weighted by Crippen LogP contribution is -2.25. The summed E-state index contributed by atoms with van der Waals surface area (Å²) < 4.78 is 0. The summed E-state index contributed by atoms with van der Waals surface area (Å²) in [5.74, 6) is -2.92. The van der Waals surface area contributed by atoms with Crippen molar-refractivity contribution in [2.75, 3.05) is 22.9 Å². The molecule has 22 heavy (non-hydrogen) atoms. The number of phenols is 2. The van der Waals surface area contributed by atoms with E-state index < -0.39 is 28.6 Å². The molecular weight excluding hydrogens is 288 g/mol. The zero-order valence-corrected chi connectivity index (χ0v) is 11.2. The number of carbonyl (C=O) groups excluding carboxylic acids is 2. The summed E-state index contributed by atoms with van der Waals surface area (Å²) in [6.45, 7) is 0. The molecule has 2 aromatic carbocycles. The van der Waals surface area contributed by atoms with E-state index in [0.717, 1.165) is 0 Å². The number of phenolic OH excluding ortho intramolecular Hbond substituents is 2. The van der Waals surface area contributed by atoms with Crippen molar-refractivity contribution in [2.45, 2.75) is 0 Å². The van der Waals surface area contributed by atoms with Gasteiger partial charge in [-0.25, -0.2) is 0 Å². The first-order valence-corrected chi connectivity index (χ1v) is 6.17. The zero-order valence-electron chi connectivity index (χ0n) is 11.2. The summed E-state index contributed by atoms with van der Waals surface area (Å²) in [5, 5.41) is 19.7. The van der Waals surface area contributed by atoms with Crippen molar-refractivity contribution in [1.82, 2.24) is 0 Å². The Kier molecular flexibility index (Phi) is 2.49. The van der Waals surface area contributed by atoms with Crippen molar-refractivity contribution in [3.05, 3.63) is 34.4 Å². The molecule has 112 valence electrons. The van der Waals surface area contributed by atoms with Gasteiger partial charge in [-0.15, -0.1) is 0 Å². The monoisotopic (exact) mass is 300 g/mol. The number of benzene rings is 2. The Labute approximate surface area is 123 Å². The maximum Gasteiger partial charge on any atom is 0.198 e. The van der Waals surface area contributed by atoms with Gasteiger partial charge in [0, 0.05) is 5.56 Å². The molecule has 0 saturated heterocycles. The number of rotatable bonds is 0. The van der Waals surface area contributed by atoms with E-state index in [0.29, 0.717) is 0 Å². The van der Waals surface area contributed by atoms with E-state index in [9.17, 15) is 19.8 Å². The number of aromatic hydroxyl groups is 2. The highest BCUT2D eigenvalue weighted by Gasteiger charge is 2.38. The molecule has 0 atom stereocenters. The Morgan fingerprint density at radius 3 is 1.95 bits per heavy atom. The number of nitrogens with two attached hydrogens (primary N) is 4. The minimum absolute atomic E-state index is 0.0249. The molecule has 0 aromatic heterocycles. The number of nitrogen functional groups attached to an aromatic ring is 4. The van der Waals surface area contributed by atoms with E-state index >= 15 is 0 Å². The molecule has 0 heterocycles. The maximum absolute atomic E-state index is 12.6. The van der Waals surface area contributed by atoms with E-state index in [2.05, 4.69) is 0 Å². The lowest BCUT2D eigenvalue weighted by atomic mass is 9.81. The Hall–Kier alpha value is -3.42. The highest BCUT2D eigenvalue weighted by atomic mass is 16.3. The topological polar surface area (TPSA) is 179 Å². The van der Waals surface area contributed by atoms with Crippen molar-refractivity contribution in [2.24, 2.45) is 0 Å². The Bertz CT molecular complexity index is 889. The first-order valence-electron chi connectivity index (χ1n) is 6.17. The van der Waals surface area contributed by atoms with Gasteiger partial charge in [0.15, 0.2) is 23.1 Å². The highest BCUT2D eigenvalue weighted by molar-refractivity contribution is 6.34. The Morgan fingerprint density at radius 2 is 1.32 bits per heavy atom. The molecule has 0 saturated carbocycles. The smallest absolute Gasteiger partial charge is 0.198 e. The predicted octanol–water partition coefficient (Wildman–Crippen LogP) is 0.202. The van der Waals surface area contributed by atoms with Crippen LogP contribution >= 0.6 is 0 Å². The van der Waals surface area contributed by atoms with Crippen LogP contribution in [0.3, 0.4) is 0 Å². The summed E-state index contributed by atoms with van der Waals surface area (Å²) in [7, 11) is 0. The summed E-state index contributed by atoms with van der Waals surface area (Å²) in [6.07, 6.45) is 0. The molecule has 8 nitrogen and oxygen atoms in total. The summed E-state index contributed by atoms with van der Waals surface area (Å²) in [6, 6.07) is 2.70. The van der Waals surface area contributed by atoms with E-state index in [4.69, 9.17) is 22.9 Å². The SMILES string of the molecule is Nc1ccc2c(c1N)C(=O)c1c(N)c(N)c(O)c(O)c1C2=O. The molecule has 0 radical (unpaired) electrons. The van der Waals surface area contributed by atoms with Crippen molar-refractivity contribution >= 4 is 34.3 Å². The van der Waals surface area contributed by atoms with Gasteiger partial charge in [0.2, 0.25) is 0 Å². The van der Waals surface area contributed by atoms with Crippen LogP contribution < -0.4 is 22.9 Å². The van der Waals surface area contributed by atoms with E-state index in [1.54, 1.807) is 0 Å². The quantitative estimate of drug-likeness (QED) is 0.193. The van der Waals surface area contributed by atoms with Gasteiger partial charge in [-0.2, -0.15) is 0 Å². The molecule has 0 aliphatic heterocycles. The molecule has 1 aliphatic carbocycles. The van der Waals surface area contributed by atoms with Crippen LogP contribution in [0.1, 0.15) is 31.8 Å². The number of carbonyl (C=O) groups is 2. The molecule has 0 spiro atoms. The van der Waals surface area contributed by atoms with Gasteiger partial charge in [-0.3, -0.25) is 9.59 Å². The van der Waals surface area contributed by atoms with Gasteiger partial charge in [-0.1, -0.05) is 0 Å². The summed E-state index contributed by atoms with van der Waals surface area (Å²) in [4.78, 5) is 25.2. The summed E-state index contributed by atoms with van der Waals surface area (Å²) >= 11 is 0. The zero-order chi connectivity index (χ0) is 16.3. The minimum Gasteiger partial charge on any atom is -0.504 e. The van der Waals surface area contributed by atoms with Crippen LogP contribution in [0, 0.1) is 0 Å². The average Bonchev–Trinajstić information content (AvgIpc) is 2.49. The predicted molar refractivity (Wildman–Crippen MR) is 80.7 cm³/mol. The number of anilines is 4. The van der Waals surface area contributed by atoms with Crippen LogP contribution in [0.25, 0.3) is 0 Å². The van der Waals surface area contributed by atoms with Crippen LogP contribution in [-0.4, -0.2) is 21.8 Å². The molecule has 8 heteroatoms. The van der Waals surface area contributed by atoms with E-state index in [-0.39, 0.29) is 39.4 Å². The Morgan fingerprint density at radius 1 is 0.682 bits per heavy atom. The molecule has 0 amide bonds. The van der Waals surface area contributed by atoms with Crippen molar-refractivity contribution in [1.29, 1.82) is 0 Å². The van der Waals surface area contributed by atoms with Gasteiger partial charge in [0.25, 0.3) is 0 Å². The van der Waals surface area contributed by atoms with Gasteiger partial charge < -0.3 is 33.1 Å². The normalized spacial score (nSPS) is 12.9. The standard InChI is InChI=1S/C14H12N4O4/c15-4-2-1-3-5(8(4)16)12(20)6-7(11(3)19)13(21)14(22)10(18)9(6)17/h1-2,21-22H,15-18H2. The summed E-state index contributed by atoms with van der Waals surface area (Å²) in [5.41, 5.74) is 21.3. The molecule has 0 bridgehead atoms. The van der Waals surface area contributed by atoms with Crippen LogP contribution in [0.2, 0.25) is 0 Å². The third-order valence-corrected chi connectivity index (χ3v) is 3.73. The molecule has 3 rings (SSSR count). The van der Waals surface area contributed by atoms with Gasteiger partial charge in [-0.05, 0) is 12.1 Å². The van der Waals surface area contributed by atoms with Crippen molar-refractivity contribution in [3.63, 3.8) is 0 Å². The number of ketones is 2. The number of hydrogen-bond acceptors (Lipinski definition) is 8. The first kappa shape index (κ1) is 13.6. The van der Waals surface area contributed by atoms with Gasteiger partial charge in [0.05, 0.1) is 33.8 Å². The second kappa shape index (κ2) is 4.04. The van der Waals surface area contributed by atoms with Crippen LogP contribution in [-0.2, 0) is 0 Å². The maximum atomic E-state index is 12.6. The minimum atomic E-state index is -0.791. The Balaban J connectivity index is 2.47. The van der Waals surface area contributed by atoms with E-state index in [1.807, 2.05) is 0 Å². The van der Waals surface area contributed by atoms with Crippen LogP contribution in [0.5, 0.6) is 11.5 Å². The molecular formula is C14H12N4O4. The van der Waals surface area contributed by atoms with Crippen LogP contribution in [0.4, 0.5) is 22.7 Å². The second-order valence-electron chi connectivity index (χ2n) is 4.92. The fourth-order valence-corrected chi connectivity index (χ4v) is 2.55. The van der Waals surface area contributed by atoms with Gasteiger partial charge in [0.1, 0.15) is 5.69 Å². The average molecular weight is 300 g/mol. The van der Waals surface area contributed by atoms with E-state index in [1.165, 1.54) is 12.1 Å². The van der Waals surface area contributed by atoms with Gasteiger partial charge >= 0.3 is 0 Å². The first-order chi connectivity index (χ1) is 10.3. The van der Waals surface area contributed by atoms with Crippen LogP contribution in [0.15, 0.2) is 12.1 Å². The third kappa shape index (κ3) is 1.40. The number of hydrogen-bond donors (Lipinski definition) is 6. The fraction of sp³-hybridized carbons (Fsp3) is 0. The number of fused-ring (bicyclic) bond motifs is 2. The fourth-order valence-electron chi connectivity index (χ4n) is 2.55. The molecule has 1 aliphatic rings. The lowest BCUT2D eigenvalue weighted by Gasteiger charge is -2.23. The van der Waals surface area contributed by atoms with Crippen molar-refractivity contribution < 1.29 is 19.8 Å². The third-order valence-electron chi connectivity index (χ3n) is 3.73. The van der Waals surface area contributed by atoms with Crippen molar-refractivity contribution in [3.8, 4) is 11.5 Å². The largest absolute Gasteiger partial charge is 0.504 e. The molecule has 0 fully saturated rings.